The highest BCUT2D eigenvalue weighted by Gasteiger charge is 2.31. The van der Waals surface area contributed by atoms with E-state index in [9.17, 15) is 13.2 Å². The fourth-order valence-corrected chi connectivity index (χ4v) is 1.40. The number of hydrazine groups is 1. The van der Waals surface area contributed by atoms with Crippen molar-refractivity contribution in [2.75, 3.05) is 5.32 Å². The van der Waals surface area contributed by atoms with Gasteiger partial charge in [0.15, 0.2) is 0 Å². The van der Waals surface area contributed by atoms with Crippen molar-refractivity contribution >= 4 is 11.6 Å². The number of nitrogens with one attached hydrogen (secondary N) is 2. The van der Waals surface area contributed by atoms with Crippen LogP contribution in [0.15, 0.2) is 29.3 Å². The summed E-state index contributed by atoms with van der Waals surface area (Å²) in [6.07, 6.45) is -2.73. The van der Waals surface area contributed by atoms with E-state index in [0.717, 1.165) is 12.8 Å². The molecule has 0 atom stereocenters. The average Bonchev–Trinajstić information content (AvgIpc) is 3.10. The summed E-state index contributed by atoms with van der Waals surface area (Å²) in [7, 11) is 0. The predicted molar refractivity (Wildman–Crippen MR) is 64.5 cm³/mol. The van der Waals surface area contributed by atoms with Crippen LogP contribution in [0.2, 0.25) is 0 Å². The van der Waals surface area contributed by atoms with Crippen molar-refractivity contribution in [1.82, 2.24) is 5.43 Å². The highest BCUT2D eigenvalue weighted by molar-refractivity contribution is 5.93. The van der Waals surface area contributed by atoms with Gasteiger partial charge in [0.05, 0.1) is 6.04 Å². The number of benzene rings is 1. The highest BCUT2D eigenvalue weighted by atomic mass is 19.4. The van der Waals surface area contributed by atoms with Crippen LogP contribution < -0.4 is 21.3 Å². The van der Waals surface area contributed by atoms with E-state index >= 15 is 0 Å². The number of nitrogens with zero attached hydrogens (tertiary/aromatic N) is 1. The van der Waals surface area contributed by atoms with Gasteiger partial charge < -0.3 is 10.1 Å². The Morgan fingerprint density at radius 3 is 2.68 bits per heavy atom. The molecule has 0 spiro atoms. The maximum absolute atomic E-state index is 12.1. The third kappa shape index (κ3) is 4.66. The monoisotopic (exact) mass is 274 g/mol. The maximum atomic E-state index is 12.1. The lowest BCUT2D eigenvalue weighted by Crippen LogP contribution is -2.36. The second-order valence-corrected chi connectivity index (χ2v) is 4.05. The Bertz CT molecular complexity index is 471. The molecule has 4 N–H and O–H groups in total. The van der Waals surface area contributed by atoms with E-state index in [1.54, 1.807) is 6.07 Å². The van der Waals surface area contributed by atoms with Gasteiger partial charge in [0, 0.05) is 11.8 Å². The Labute approximate surface area is 107 Å². The van der Waals surface area contributed by atoms with Crippen LogP contribution >= 0.6 is 0 Å². The Hall–Kier alpha value is -1.96. The average molecular weight is 274 g/mol. The minimum Gasteiger partial charge on any atom is -0.406 e. The predicted octanol–water partition coefficient (Wildman–Crippen LogP) is 1.98. The fraction of sp³-hybridized carbons (Fsp3) is 0.364. The molecule has 104 valence electrons. The molecular formula is C11H13F3N4O. The van der Waals surface area contributed by atoms with Crippen LogP contribution in [0.3, 0.4) is 0 Å². The van der Waals surface area contributed by atoms with Gasteiger partial charge in [-0.15, -0.1) is 13.2 Å². The van der Waals surface area contributed by atoms with Gasteiger partial charge in [0.2, 0.25) is 5.96 Å². The van der Waals surface area contributed by atoms with Crippen LogP contribution in [0.25, 0.3) is 0 Å². The Balaban J connectivity index is 2.05. The van der Waals surface area contributed by atoms with Crippen LogP contribution in [0.1, 0.15) is 12.8 Å². The normalized spacial score (nSPS) is 16.1. The molecule has 1 fully saturated rings. The first kappa shape index (κ1) is 13.5. The van der Waals surface area contributed by atoms with Crippen LogP contribution in [-0.2, 0) is 0 Å². The third-order valence-electron chi connectivity index (χ3n) is 2.33. The highest BCUT2D eigenvalue weighted by Crippen LogP contribution is 2.26. The Morgan fingerprint density at radius 1 is 1.37 bits per heavy atom. The van der Waals surface area contributed by atoms with Gasteiger partial charge in [0.25, 0.3) is 0 Å². The van der Waals surface area contributed by atoms with Gasteiger partial charge >= 0.3 is 6.36 Å². The maximum Gasteiger partial charge on any atom is 0.573 e. The summed E-state index contributed by atoms with van der Waals surface area (Å²) in [4.78, 5) is 4.21. The van der Waals surface area contributed by atoms with Crippen molar-refractivity contribution in [3.8, 4) is 5.75 Å². The first-order valence-corrected chi connectivity index (χ1v) is 5.63. The van der Waals surface area contributed by atoms with Gasteiger partial charge in [-0.1, -0.05) is 6.07 Å². The fourth-order valence-electron chi connectivity index (χ4n) is 1.40. The lowest BCUT2D eigenvalue weighted by molar-refractivity contribution is -0.274. The van der Waals surface area contributed by atoms with E-state index in [0.29, 0.717) is 11.6 Å². The van der Waals surface area contributed by atoms with E-state index in [1.165, 1.54) is 18.2 Å². The molecule has 1 aliphatic carbocycles. The molecule has 2 rings (SSSR count). The van der Waals surface area contributed by atoms with Crippen LogP contribution in [0.4, 0.5) is 18.9 Å². The summed E-state index contributed by atoms with van der Waals surface area (Å²) < 4.78 is 40.1. The lowest BCUT2D eigenvalue weighted by Gasteiger charge is -2.12. The largest absolute Gasteiger partial charge is 0.573 e. The van der Waals surface area contributed by atoms with Gasteiger partial charge in [0.1, 0.15) is 5.75 Å². The van der Waals surface area contributed by atoms with Crippen LogP contribution in [-0.4, -0.2) is 18.4 Å². The standard InChI is InChI=1S/C11H13F3N4O/c12-11(13,14)19-9-3-1-2-8(6-9)17-10(18-15)16-7-4-5-7/h1-3,6-7H,4-5,15H2,(H2,16,17,18). The number of hydrogen-bond donors (Lipinski definition) is 3. The summed E-state index contributed by atoms with van der Waals surface area (Å²) in [5.41, 5.74) is 2.77. The molecule has 0 radical (unpaired) electrons. The van der Waals surface area contributed by atoms with Crippen molar-refractivity contribution in [1.29, 1.82) is 0 Å². The van der Waals surface area contributed by atoms with E-state index in [1.807, 2.05) is 0 Å². The molecule has 0 saturated heterocycles. The molecule has 0 bridgehead atoms. The van der Waals surface area contributed by atoms with Crippen LogP contribution in [0.5, 0.6) is 5.75 Å². The SMILES string of the molecule is NNC(=NC1CC1)Nc1cccc(OC(F)(F)F)c1. The van der Waals surface area contributed by atoms with E-state index in [4.69, 9.17) is 5.84 Å². The third-order valence-corrected chi connectivity index (χ3v) is 2.33. The van der Waals surface area contributed by atoms with Crippen molar-refractivity contribution in [3.05, 3.63) is 24.3 Å². The minimum atomic E-state index is -4.71. The molecule has 0 unspecified atom stereocenters. The number of ether oxygens (including phenoxy) is 1. The van der Waals surface area contributed by atoms with Gasteiger partial charge in [-0.05, 0) is 25.0 Å². The van der Waals surface area contributed by atoms with Crippen molar-refractivity contribution in [2.24, 2.45) is 10.8 Å². The number of guanidine groups is 1. The summed E-state index contributed by atoms with van der Waals surface area (Å²) in [6, 6.07) is 5.69. The zero-order valence-electron chi connectivity index (χ0n) is 9.87. The summed E-state index contributed by atoms with van der Waals surface area (Å²) >= 11 is 0. The number of rotatable bonds is 3. The molecule has 0 heterocycles. The van der Waals surface area contributed by atoms with Gasteiger partial charge in [-0.2, -0.15) is 0 Å². The molecule has 5 nitrogen and oxygen atoms in total. The number of anilines is 1. The molecule has 1 aromatic carbocycles. The van der Waals surface area contributed by atoms with Crippen molar-refractivity contribution in [2.45, 2.75) is 25.2 Å². The zero-order chi connectivity index (χ0) is 13.9. The molecule has 0 aliphatic heterocycles. The van der Waals surface area contributed by atoms with E-state index in [-0.39, 0.29) is 11.8 Å². The smallest absolute Gasteiger partial charge is 0.406 e. The Kier molecular flexibility index (Phi) is 3.79. The topological polar surface area (TPSA) is 71.7 Å². The van der Waals surface area contributed by atoms with E-state index in [2.05, 4.69) is 20.5 Å². The number of aliphatic imine (C=N–C) groups is 1. The Morgan fingerprint density at radius 2 is 2.11 bits per heavy atom. The summed E-state index contributed by atoms with van der Waals surface area (Å²) in [5.74, 6) is 5.29. The first-order valence-electron chi connectivity index (χ1n) is 5.63. The molecule has 1 aliphatic rings. The second kappa shape index (κ2) is 5.35. The van der Waals surface area contributed by atoms with Gasteiger partial charge in [-0.3, -0.25) is 5.43 Å². The second-order valence-electron chi connectivity index (χ2n) is 4.05. The zero-order valence-corrected chi connectivity index (χ0v) is 9.87. The number of halogens is 3. The minimum absolute atomic E-state index is 0.230. The van der Waals surface area contributed by atoms with Crippen molar-refractivity contribution in [3.63, 3.8) is 0 Å². The lowest BCUT2D eigenvalue weighted by atomic mass is 10.3. The number of alkyl halides is 3. The first-order chi connectivity index (χ1) is 8.96. The molecule has 0 amide bonds. The number of hydrogen-bond acceptors (Lipinski definition) is 3. The molecule has 0 aromatic heterocycles. The van der Waals surface area contributed by atoms with Crippen LogP contribution in [0, 0.1) is 0 Å². The number of nitrogens with two attached hydrogens (primary N) is 1. The van der Waals surface area contributed by atoms with E-state index < -0.39 is 6.36 Å². The molecule has 19 heavy (non-hydrogen) atoms. The summed E-state index contributed by atoms with van der Waals surface area (Å²) in [5, 5.41) is 2.79. The van der Waals surface area contributed by atoms with Gasteiger partial charge in [-0.25, -0.2) is 10.8 Å². The molecular weight excluding hydrogens is 261 g/mol. The molecule has 8 heteroatoms. The quantitative estimate of drug-likeness (QED) is 0.341. The molecule has 1 saturated carbocycles. The van der Waals surface area contributed by atoms with Crippen molar-refractivity contribution < 1.29 is 17.9 Å². The molecule has 1 aromatic rings. The summed E-state index contributed by atoms with van der Waals surface area (Å²) in [6.45, 7) is 0.